The van der Waals surface area contributed by atoms with E-state index in [4.69, 9.17) is 34.8 Å². The van der Waals surface area contributed by atoms with Crippen molar-refractivity contribution in [1.29, 1.82) is 0 Å². The van der Waals surface area contributed by atoms with E-state index in [-0.39, 0.29) is 5.38 Å². The molecule has 0 N–H and O–H groups in total. The molecule has 1 unspecified atom stereocenters. The Bertz CT molecular complexity index is 822. The van der Waals surface area contributed by atoms with Crippen molar-refractivity contribution < 1.29 is 0 Å². The zero-order valence-electron chi connectivity index (χ0n) is 11.6. The van der Waals surface area contributed by atoms with Crippen LogP contribution in [0.1, 0.15) is 23.7 Å². The Hall–Kier alpha value is -1.22. The molecule has 0 saturated carbocycles. The standard InChI is InChI=1S/C16H13Cl3N2/c1-9-6-7-11(8-13(9)19)21-14-5-3-4-12(18)15(14)20-16(21)10(2)17/h3-8,10H,1-2H3. The minimum atomic E-state index is -0.242. The van der Waals surface area contributed by atoms with E-state index in [1.807, 2.05) is 54.8 Å². The Morgan fingerprint density at radius 1 is 1.10 bits per heavy atom. The normalized spacial score (nSPS) is 12.8. The number of benzene rings is 2. The van der Waals surface area contributed by atoms with E-state index >= 15 is 0 Å². The van der Waals surface area contributed by atoms with Gasteiger partial charge in [-0.15, -0.1) is 11.6 Å². The highest BCUT2D eigenvalue weighted by atomic mass is 35.5. The fourth-order valence-electron chi connectivity index (χ4n) is 2.34. The molecule has 3 rings (SSSR count). The molecule has 0 spiro atoms. The third kappa shape index (κ3) is 2.52. The van der Waals surface area contributed by atoms with Crippen molar-refractivity contribution in [3.05, 3.63) is 57.8 Å². The number of para-hydroxylation sites is 1. The van der Waals surface area contributed by atoms with Crippen LogP contribution in [0.3, 0.4) is 0 Å². The molecule has 0 radical (unpaired) electrons. The van der Waals surface area contributed by atoms with Crippen LogP contribution in [0.25, 0.3) is 16.7 Å². The predicted octanol–water partition coefficient (Wildman–Crippen LogP) is 5.94. The first kappa shape index (κ1) is 14.7. The van der Waals surface area contributed by atoms with Crippen molar-refractivity contribution in [1.82, 2.24) is 9.55 Å². The first-order chi connectivity index (χ1) is 9.99. The third-order valence-electron chi connectivity index (χ3n) is 3.43. The Labute approximate surface area is 138 Å². The van der Waals surface area contributed by atoms with Crippen LogP contribution < -0.4 is 0 Å². The average Bonchev–Trinajstić information content (AvgIpc) is 2.83. The number of rotatable bonds is 2. The highest BCUT2D eigenvalue weighted by molar-refractivity contribution is 6.35. The molecule has 0 fully saturated rings. The van der Waals surface area contributed by atoms with Gasteiger partial charge in [0.2, 0.25) is 0 Å². The number of halogens is 3. The van der Waals surface area contributed by atoms with Gasteiger partial charge in [-0.1, -0.05) is 35.3 Å². The maximum absolute atomic E-state index is 6.29. The lowest BCUT2D eigenvalue weighted by Gasteiger charge is -2.11. The van der Waals surface area contributed by atoms with E-state index in [0.29, 0.717) is 10.0 Å². The van der Waals surface area contributed by atoms with E-state index in [9.17, 15) is 0 Å². The van der Waals surface area contributed by atoms with Crippen molar-refractivity contribution in [3.8, 4) is 5.69 Å². The molecule has 1 aromatic heterocycles. The molecule has 2 aromatic carbocycles. The van der Waals surface area contributed by atoms with Crippen LogP contribution in [-0.2, 0) is 0 Å². The van der Waals surface area contributed by atoms with Gasteiger partial charge in [-0.25, -0.2) is 4.98 Å². The van der Waals surface area contributed by atoms with Crippen molar-refractivity contribution >= 4 is 45.8 Å². The smallest absolute Gasteiger partial charge is 0.132 e. The van der Waals surface area contributed by atoms with Gasteiger partial charge in [0.1, 0.15) is 11.3 Å². The van der Waals surface area contributed by atoms with E-state index in [1.165, 1.54) is 0 Å². The van der Waals surface area contributed by atoms with Crippen LogP contribution in [-0.4, -0.2) is 9.55 Å². The molecular weight excluding hydrogens is 327 g/mol. The number of hydrogen-bond acceptors (Lipinski definition) is 1. The molecule has 1 heterocycles. The number of fused-ring (bicyclic) bond motifs is 1. The molecule has 0 amide bonds. The number of hydrogen-bond donors (Lipinski definition) is 0. The molecule has 0 saturated heterocycles. The monoisotopic (exact) mass is 338 g/mol. The van der Waals surface area contributed by atoms with Gasteiger partial charge in [-0.2, -0.15) is 0 Å². The van der Waals surface area contributed by atoms with Crippen molar-refractivity contribution in [2.75, 3.05) is 0 Å². The molecule has 5 heteroatoms. The number of imidazole rings is 1. The topological polar surface area (TPSA) is 17.8 Å². The molecule has 0 bridgehead atoms. The van der Waals surface area contributed by atoms with Gasteiger partial charge in [-0.05, 0) is 43.7 Å². The molecule has 2 nitrogen and oxygen atoms in total. The van der Waals surface area contributed by atoms with Gasteiger partial charge in [0.05, 0.1) is 15.9 Å². The van der Waals surface area contributed by atoms with Crippen LogP contribution in [0.5, 0.6) is 0 Å². The van der Waals surface area contributed by atoms with Gasteiger partial charge in [0, 0.05) is 10.7 Å². The molecule has 0 aliphatic heterocycles. The van der Waals surface area contributed by atoms with Gasteiger partial charge >= 0.3 is 0 Å². The van der Waals surface area contributed by atoms with E-state index in [2.05, 4.69) is 4.98 Å². The Morgan fingerprint density at radius 2 is 1.86 bits per heavy atom. The largest absolute Gasteiger partial charge is 0.295 e. The second kappa shape index (κ2) is 5.53. The number of aromatic nitrogens is 2. The minimum Gasteiger partial charge on any atom is -0.295 e. The second-order valence-corrected chi connectivity index (χ2v) is 6.43. The molecule has 1 atom stereocenters. The summed E-state index contributed by atoms with van der Waals surface area (Å²) in [4.78, 5) is 4.60. The lowest BCUT2D eigenvalue weighted by Crippen LogP contribution is -2.02. The predicted molar refractivity (Wildman–Crippen MR) is 90.1 cm³/mol. The highest BCUT2D eigenvalue weighted by Crippen LogP contribution is 2.32. The van der Waals surface area contributed by atoms with Gasteiger partial charge in [0.25, 0.3) is 0 Å². The van der Waals surface area contributed by atoms with E-state index in [0.717, 1.165) is 28.1 Å². The summed E-state index contributed by atoms with van der Waals surface area (Å²) in [6, 6.07) is 11.6. The first-order valence-corrected chi connectivity index (χ1v) is 7.75. The second-order valence-electron chi connectivity index (χ2n) is 4.96. The highest BCUT2D eigenvalue weighted by Gasteiger charge is 2.18. The molecule has 3 aromatic rings. The summed E-state index contributed by atoms with van der Waals surface area (Å²) in [7, 11) is 0. The fourth-order valence-corrected chi connectivity index (χ4v) is 2.88. The minimum absolute atomic E-state index is 0.242. The number of aryl methyl sites for hydroxylation is 1. The van der Waals surface area contributed by atoms with Gasteiger partial charge < -0.3 is 0 Å². The molecule has 0 aliphatic carbocycles. The molecule has 108 valence electrons. The zero-order valence-corrected chi connectivity index (χ0v) is 13.8. The maximum atomic E-state index is 6.29. The molecule has 0 aliphatic rings. The quantitative estimate of drug-likeness (QED) is 0.528. The summed E-state index contributed by atoms with van der Waals surface area (Å²) in [5, 5.41) is 1.08. The maximum Gasteiger partial charge on any atom is 0.132 e. The summed E-state index contributed by atoms with van der Waals surface area (Å²) >= 11 is 18.8. The van der Waals surface area contributed by atoms with Gasteiger partial charge in [-0.3, -0.25) is 4.57 Å². The van der Waals surface area contributed by atoms with Crippen LogP contribution in [0.4, 0.5) is 0 Å². The van der Waals surface area contributed by atoms with Crippen LogP contribution in [0.2, 0.25) is 10.0 Å². The van der Waals surface area contributed by atoms with Crippen LogP contribution >= 0.6 is 34.8 Å². The lowest BCUT2D eigenvalue weighted by atomic mass is 10.2. The van der Waals surface area contributed by atoms with Crippen LogP contribution in [0, 0.1) is 6.92 Å². The van der Waals surface area contributed by atoms with Crippen LogP contribution in [0.15, 0.2) is 36.4 Å². The third-order valence-corrected chi connectivity index (χ3v) is 4.34. The zero-order chi connectivity index (χ0) is 15.1. The molecule has 21 heavy (non-hydrogen) atoms. The fraction of sp³-hybridized carbons (Fsp3) is 0.188. The average molecular weight is 340 g/mol. The summed E-state index contributed by atoms with van der Waals surface area (Å²) in [6.45, 7) is 3.86. The Morgan fingerprint density at radius 3 is 2.52 bits per heavy atom. The van der Waals surface area contributed by atoms with E-state index < -0.39 is 0 Å². The van der Waals surface area contributed by atoms with Crippen molar-refractivity contribution in [2.24, 2.45) is 0 Å². The van der Waals surface area contributed by atoms with Crippen molar-refractivity contribution in [2.45, 2.75) is 19.2 Å². The number of nitrogens with zero attached hydrogens (tertiary/aromatic N) is 2. The Balaban J connectivity index is 2.36. The summed E-state index contributed by atoms with van der Waals surface area (Å²) in [6.07, 6.45) is 0. The van der Waals surface area contributed by atoms with E-state index in [1.54, 1.807) is 0 Å². The van der Waals surface area contributed by atoms with Gasteiger partial charge in [0.15, 0.2) is 0 Å². The SMILES string of the molecule is Cc1ccc(-n2c(C(C)Cl)nc3c(Cl)cccc32)cc1Cl. The first-order valence-electron chi connectivity index (χ1n) is 6.56. The lowest BCUT2D eigenvalue weighted by molar-refractivity contribution is 0.882. The summed E-state index contributed by atoms with van der Waals surface area (Å²) < 4.78 is 2.00. The summed E-state index contributed by atoms with van der Waals surface area (Å²) in [5.74, 6) is 0.750. The molecular formula is C16H13Cl3N2. The Kier molecular flexibility index (Phi) is 3.87. The summed E-state index contributed by atoms with van der Waals surface area (Å²) in [5.41, 5.74) is 3.63. The number of alkyl halides is 1. The van der Waals surface area contributed by atoms with Crippen molar-refractivity contribution in [3.63, 3.8) is 0 Å².